The standard InChI is InChI=1S/C13H13N3O3/c1-16-13-10(14-15-16)6-8(2-5-12(17)18)7-11(13)19-9-3-4-9/h2,5-7,9H,3-4H2,1H3,(H,17,18)/b5-2+. The van der Waals surface area contributed by atoms with E-state index in [9.17, 15) is 4.79 Å². The predicted molar refractivity (Wildman–Crippen MR) is 68.8 cm³/mol. The fraction of sp³-hybridized carbons (Fsp3) is 0.308. The molecule has 1 aliphatic carbocycles. The number of hydrogen-bond donors (Lipinski definition) is 1. The highest BCUT2D eigenvalue weighted by Gasteiger charge is 2.25. The quantitative estimate of drug-likeness (QED) is 0.844. The van der Waals surface area contributed by atoms with Crippen LogP contribution in [0.4, 0.5) is 0 Å². The van der Waals surface area contributed by atoms with Gasteiger partial charge in [-0.2, -0.15) is 0 Å². The highest BCUT2D eigenvalue weighted by molar-refractivity contribution is 5.88. The number of ether oxygens (including phenoxy) is 1. The molecule has 6 nitrogen and oxygen atoms in total. The van der Waals surface area contributed by atoms with Crippen molar-refractivity contribution in [3.8, 4) is 5.75 Å². The van der Waals surface area contributed by atoms with Crippen LogP contribution in [0.15, 0.2) is 18.2 Å². The van der Waals surface area contributed by atoms with E-state index in [4.69, 9.17) is 9.84 Å². The number of fused-ring (bicyclic) bond motifs is 1. The van der Waals surface area contributed by atoms with Crippen molar-refractivity contribution >= 4 is 23.1 Å². The second kappa shape index (κ2) is 4.38. The van der Waals surface area contributed by atoms with Crippen LogP contribution in [-0.4, -0.2) is 32.2 Å². The summed E-state index contributed by atoms with van der Waals surface area (Å²) in [4.78, 5) is 10.6. The van der Waals surface area contributed by atoms with Gasteiger partial charge < -0.3 is 9.84 Å². The summed E-state index contributed by atoms with van der Waals surface area (Å²) in [6.45, 7) is 0. The summed E-state index contributed by atoms with van der Waals surface area (Å²) in [7, 11) is 1.81. The van der Waals surface area contributed by atoms with Gasteiger partial charge in [-0.25, -0.2) is 9.48 Å². The molecular weight excluding hydrogens is 246 g/mol. The highest BCUT2D eigenvalue weighted by atomic mass is 16.5. The van der Waals surface area contributed by atoms with Crippen LogP contribution in [0.5, 0.6) is 5.75 Å². The molecule has 0 atom stereocenters. The molecule has 0 saturated heterocycles. The maximum absolute atomic E-state index is 10.6. The minimum absolute atomic E-state index is 0.261. The molecule has 0 spiro atoms. The molecule has 0 bridgehead atoms. The van der Waals surface area contributed by atoms with Crippen LogP contribution in [0.1, 0.15) is 18.4 Å². The molecule has 6 heteroatoms. The number of carboxylic acid groups (broad SMARTS) is 1. The van der Waals surface area contributed by atoms with Crippen molar-refractivity contribution in [2.24, 2.45) is 7.05 Å². The molecule has 1 saturated carbocycles. The Hall–Kier alpha value is -2.37. The van der Waals surface area contributed by atoms with Gasteiger partial charge in [0.25, 0.3) is 0 Å². The van der Waals surface area contributed by atoms with Gasteiger partial charge in [0.2, 0.25) is 0 Å². The Bertz CT molecular complexity index is 671. The van der Waals surface area contributed by atoms with E-state index in [1.807, 2.05) is 13.1 Å². The van der Waals surface area contributed by atoms with Gasteiger partial charge in [0.05, 0.1) is 6.10 Å². The number of benzene rings is 1. The van der Waals surface area contributed by atoms with Gasteiger partial charge in [0.1, 0.15) is 16.8 Å². The molecule has 1 aromatic heterocycles. The molecule has 2 aromatic rings. The first-order valence-corrected chi connectivity index (χ1v) is 6.04. The third-order valence-electron chi connectivity index (χ3n) is 2.92. The Balaban J connectivity index is 2.07. The lowest BCUT2D eigenvalue weighted by molar-refractivity contribution is -0.131. The van der Waals surface area contributed by atoms with Crippen molar-refractivity contribution in [2.45, 2.75) is 18.9 Å². The SMILES string of the molecule is Cn1nnc2cc(/C=C/C(=O)O)cc(OC3CC3)c21. The zero-order valence-corrected chi connectivity index (χ0v) is 10.4. The smallest absolute Gasteiger partial charge is 0.328 e. The largest absolute Gasteiger partial charge is 0.488 e. The molecule has 19 heavy (non-hydrogen) atoms. The molecule has 1 fully saturated rings. The lowest BCUT2D eigenvalue weighted by Crippen LogP contribution is -2.00. The third-order valence-corrected chi connectivity index (χ3v) is 2.92. The van der Waals surface area contributed by atoms with E-state index >= 15 is 0 Å². The number of aromatic nitrogens is 3. The Labute approximate surface area is 109 Å². The Morgan fingerprint density at radius 1 is 1.53 bits per heavy atom. The van der Waals surface area contributed by atoms with Crippen LogP contribution in [0.25, 0.3) is 17.1 Å². The van der Waals surface area contributed by atoms with Crippen LogP contribution in [0.2, 0.25) is 0 Å². The van der Waals surface area contributed by atoms with Crippen LogP contribution >= 0.6 is 0 Å². The number of carboxylic acids is 1. The molecule has 98 valence electrons. The lowest BCUT2D eigenvalue weighted by atomic mass is 10.1. The molecule has 0 radical (unpaired) electrons. The topological polar surface area (TPSA) is 77.2 Å². The number of aryl methyl sites for hydroxylation is 1. The van der Waals surface area contributed by atoms with Gasteiger partial charge in [-0.05, 0) is 36.6 Å². The minimum Gasteiger partial charge on any atom is -0.488 e. The molecule has 0 aliphatic heterocycles. The maximum atomic E-state index is 10.6. The first-order chi connectivity index (χ1) is 9.13. The predicted octanol–water partition coefficient (Wildman–Crippen LogP) is 1.61. The van der Waals surface area contributed by atoms with Crippen molar-refractivity contribution in [2.75, 3.05) is 0 Å². The average Bonchev–Trinajstić information content (AvgIpc) is 3.10. The lowest BCUT2D eigenvalue weighted by Gasteiger charge is -2.07. The minimum atomic E-state index is -0.982. The summed E-state index contributed by atoms with van der Waals surface area (Å²) in [6, 6.07) is 3.62. The molecule has 0 amide bonds. The van der Waals surface area contributed by atoms with Crippen molar-refractivity contribution in [3.63, 3.8) is 0 Å². The van der Waals surface area contributed by atoms with E-state index in [0.717, 1.165) is 30.0 Å². The van der Waals surface area contributed by atoms with Crippen molar-refractivity contribution in [1.29, 1.82) is 0 Å². The third kappa shape index (κ3) is 2.42. The van der Waals surface area contributed by atoms with Crippen molar-refractivity contribution < 1.29 is 14.6 Å². The Morgan fingerprint density at radius 3 is 3.00 bits per heavy atom. The van der Waals surface area contributed by atoms with Gasteiger partial charge in [0, 0.05) is 13.1 Å². The molecule has 3 rings (SSSR count). The van der Waals surface area contributed by atoms with Crippen molar-refractivity contribution in [1.82, 2.24) is 15.0 Å². The van der Waals surface area contributed by atoms with Crippen LogP contribution in [0.3, 0.4) is 0 Å². The van der Waals surface area contributed by atoms with E-state index in [0.29, 0.717) is 11.3 Å². The fourth-order valence-electron chi connectivity index (χ4n) is 1.89. The number of carbonyl (C=O) groups is 1. The van der Waals surface area contributed by atoms with E-state index < -0.39 is 5.97 Å². The van der Waals surface area contributed by atoms with Gasteiger partial charge in [-0.15, -0.1) is 5.10 Å². The zero-order valence-electron chi connectivity index (χ0n) is 10.4. The van der Waals surface area contributed by atoms with Gasteiger partial charge in [-0.3, -0.25) is 0 Å². The van der Waals surface area contributed by atoms with Gasteiger partial charge in [0.15, 0.2) is 0 Å². The number of rotatable bonds is 4. The summed E-state index contributed by atoms with van der Waals surface area (Å²) in [5, 5.41) is 16.7. The highest BCUT2D eigenvalue weighted by Crippen LogP contribution is 2.32. The molecule has 1 aromatic carbocycles. The monoisotopic (exact) mass is 259 g/mol. The summed E-state index contributed by atoms with van der Waals surface area (Å²) in [6.07, 6.45) is 5.00. The second-order valence-corrected chi connectivity index (χ2v) is 4.59. The normalized spacial score (nSPS) is 15.2. The molecule has 1 heterocycles. The maximum Gasteiger partial charge on any atom is 0.328 e. The summed E-state index contributed by atoms with van der Waals surface area (Å²) in [5.74, 6) is -0.276. The summed E-state index contributed by atoms with van der Waals surface area (Å²) in [5.41, 5.74) is 2.27. The van der Waals surface area contributed by atoms with E-state index in [1.165, 1.54) is 6.08 Å². The first-order valence-electron chi connectivity index (χ1n) is 6.04. The number of hydrogen-bond acceptors (Lipinski definition) is 4. The van der Waals surface area contributed by atoms with E-state index in [2.05, 4.69) is 10.3 Å². The fourth-order valence-corrected chi connectivity index (χ4v) is 1.89. The van der Waals surface area contributed by atoms with Gasteiger partial charge >= 0.3 is 5.97 Å². The molecule has 1 N–H and O–H groups in total. The van der Waals surface area contributed by atoms with Crippen LogP contribution < -0.4 is 4.74 Å². The molecular formula is C13H13N3O3. The average molecular weight is 259 g/mol. The molecule has 1 aliphatic rings. The zero-order chi connectivity index (χ0) is 13.4. The Kier molecular flexibility index (Phi) is 2.70. The Morgan fingerprint density at radius 2 is 2.32 bits per heavy atom. The second-order valence-electron chi connectivity index (χ2n) is 4.59. The van der Waals surface area contributed by atoms with Gasteiger partial charge in [-0.1, -0.05) is 5.21 Å². The first kappa shape index (κ1) is 11.7. The summed E-state index contributed by atoms with van der Waals surface area (Å²) < 4.78 is 7.51. The van der Waals surface area contributed by atoms with E-state index in [1.54, 1.807) is 10.7 Å². The molecule has 0 unspecified atom stereocenters. The van der Waals surface area contributed by atoms with E-state index in [-0.39, 0.29) is 6.10 Å². The van der Waals surface area contributed by atoms with Crippen molar-refractivity contribution in [3.05, 3.63) is 23.8 Å². The van der Waals surface area contributed by atoms with Crippen LogP contribution in [-0.2, 0) is 11.8 Å². The van der Waals surface area contributed by atoms with Crippen LogP contribution in [0, 0.1) is 0 Å². The number of nitrogens with zero attached hydrogens (tertiary/aromatic N) is 3. The number of aliphatic carboxylic acids is 1. The summed E-state index contributed by atoms with van der Waals surface area (Å²) >= 11 is 0.